The van der Waals surface area contributed by atoms with Crippen molar-refractivity contribution in [3.63, 3.8) is 0 Å². The lowest BCUT2D eigenvalue weighted by molar-refractivity contribution is 0.616. The van der Waals surface area contributed by atoms with Crippen LogP contribution in [0.1, 0.15) is 44.5 Å². The van der Waals surface area contributed by atoms with E-state index in [9.17, 15) is 0 Å². The summed E-state index contributed by atoms with van der Waals surface area (Å²) in [5.74, 6) is 0. The summed E-state index contributed by atoms with van der Waals surface area (Å²) in [6.07, 6.45) is 1.81. The van der Waals surface area contributed by atoms with E-state index >= 15 is 0 Å². The van der Waals surface area contributed by atoms with Gasteiger partial charge in [0, 0.05) is 16.5 Å². The van der Waals surface area contributed by atoms with Crippen molar-refractivity contribution in [2.45, 2.75) is 10.8 Å². The second-order valence-electron chi connectivity index (χ2n) is 15.9. The van der Waals surface area contributed by atoms with Gasteiger partial charge in [-0.05, 0) is 86.0 Å². The molecule has 0 bridgehead atoms. The Morgan fingerprint density at radius 2 is 0.667 bits per heavy atom. The minimum Gasteiger partial charge on any atom is -0.464 e. The van der Waals surface area contributed by atoms with Crippen LogP contribution in [0.4, 0.5) is 17.1 Å². The fraction of sp³-hybridized carbons (Fsp3) is 0.0345. The predicted octanol–water partition coefficient (Wildman–Crippen LogP) is 14.6. The van der Waals surface area contributed by atoms with E-state index < -0.39 is 10.8 Å². The molecule has 0 aliphatic heterocycles. The molecule has 9 aromatic carbocycles. The lowest BCUT2D eigenvalue weighted by atomic mass is 9.67. The Labute approximate surface area is 350 Å². The van der Waals surface area contributed by atoms with Gasteiger partial charge in [-0.1, -0.05) is 200 Å². The van der Waals surface area contributed by atoms with E-state index in [1.165, 1.54) is 66.8 Å². The van der Waals surface area contributed by atoms with Crippen LogP contribution in [-0.2, 0) is 10.8 Å². The van der Waals surface area contributed by atoms with Gasteiger partial charge in [-0.2, -0.15) is 0 Å². The fourth-order valence-electron chi connectivity index (χ4n) is 10.9. The molecule has 0 saturated carbocycles. The summed E-state index contributed by atoms with van der Waals surface area (Å²) in [7, 11) is 0. The summed E-state index contributed by atoms with van der Waals surface area (Å²) in [6.45, 7) is 0. The predicted molar refractivity (Wildman–Crippen MR) is 246 cm³/mol. The summed E-state index contributed by atoms with van der Waals surface area (Å²) < 4.78 is 6.15. The fourth-order valence-corrected chi connectivity index (χ4v) is 10.9. The molecule has 10 aromatic rings. The van der Waals surface area contributed by atoms with Crippen LogP contribution in [0.15, 0.2) is 241 Å². The molecule has 1 heterocycles. The number of rotatable bonds is 7. The van der Waals surface area contributed by atoms with Gasteiger partial charge in [0.05, 0.1) is 34.2 Å². The molecule has 60 heavy (non-hydrogen) atoms. The topological polar surface area (TPSA) is 16.4 Å². The molecule has 0 spiro atoms. The Hall–Kier alpha value is -7.68. The maximum absolute atomic E-state index is 6.15. The summed E-state index contributed by atoms with van der Waals surface area (Å²) in [5.41, 5.74) is 18.0. The van der Waals surface area contributed by atoms with Crippen LogP contribution < -0.4 is 4.90 Å². The smallest absolute Gasteiger partial charge is 0.135 e. The summed E-state index contributed by atoms with van der Waals surface area (Å²) in [5, 5.41) is 1.06. The first-order valence-electron chi connectivity index (χ1n) is 20.8. The molecule has 2 nitrogen and oxygen atoms in total. The maximum Gasteiger partial charge on any atom is 0.135 e. The van der Waals surface area contributed by atoms with Crippen LogP contribution in [0.25, 0.3) is 33.2 Å². The average molecular weight is 766 g/mol. The van der Waals surface area contributed by atoms with E-state index in [4.69, 9.17) is 4.42 Å². The first-order chi connectivity index (χ1) is 29.8. The normalized spacial score (nSPS) is 13.9. The van der Waals surface area contributed by atoms with Gasteiger partial charge < -0.3 is 9.32 Å². The van der Waals surface area contributed by atoms with Crippen molar-refractivity contribution in [2.24, 2.45) is 0 Å². The molecule has 2 aliphatic rings. The van der Waals surface area contributed by atoms with Gasteiger partial charge in [-0.15, -0.1) is 0 Å². The van der Waals surface area contributed by atoms with Crippen molar-refractivity contribution < 1.29 is 4.42 Å². The molecular formula is C58H39NO. The number of benzene rings is 9. The second-order valence-corrected chi connectivity index (χ2v) is 15.9. The SMILES string of the molecule is c1ccc(C2(c3ccccc3)c3ccccc3-c3c(N(c4cccc5c4-c4ccccc4C5(c4ccccc4)c4ccccc4)c4cccc5occc45)cccc32)cc1. The molecule has 0 radical (unpaired) electrons. The van der Waals surface area contributed by atoms with Gasteiger partial charge in [-0.3, -0.25) is 0 Å². The molecule has 0 amide bonds. The third-order valence-corrected chi connectivity index (χ3v) is 13.1. The molecule has 0 atom stereocenters. The third-order valence-electron chi connectivity index (χ3n) is 13.1. The monoisotopic (exact) mass is 765 g/mol. The standard InChI is InChI=1S/C58H39NO/c1-5-20-40(21-6-1)57(41-22-7-2-8-23-41)47-30-15-13-28-44(47)55-49(57)32-17-35-52(55)59(51-34-19-37-54-46(51)38-39-60-54)53-36-18-33-50-56(53)45-29-14-16-31-48(45)58(50,42-24-9-3-10-25-42)43-26-11-4-12-27-43/h1-39H. The lowest BCUT2D eigenvalue weighted by Gasteiger charge is -2.35. The van der Waals surface area contributed by atoms with Crippen molar-refractivity contribution in [3.8, 4) is 22.3 Å². The zero-order chi connectivity index (χ0) is 39.7. The molecule has 0 fully saturated rings. The highest BCUT2D eigenvalue weighted by molar-refractivity contribution is 6.06. The van der Waals surface area contributed by atoms with Crippen LogP contribution in [0, 0.1) is 0 Å². The highest BCUT2D eigenvalue weighted by Crippen LogP contribution is 2.63. The molecule has 0 saturated heterocycles. The van der Waals surface area contributed by atoms with Crippen LogP contribution in [-0.4, -0.2) is 0 Å². The average Bonchev–Trinajstić information content (AvgIpc) is 4.02. The van der Waals surface area contributed by atoms with Gasteiger partial charge in [0.2, 0.25) is 0 Å². The van der Waals surface area contributed by atoms with Crippen LogP contribution in [0.3, 0.4) is 0 Å². The molecular weight excluding hydrogens is 727 g/mol. The molecule has 0 N–H and O–H groups in total. The Kier molecular flexibility index (Phi) is 7.70. The number of anilines is 3. The van der Waals surface area contributed by atoms with Crippen molar-refractivity contribution >= 4 is 28.0 Å². The Bertz CT molecular complexity index is 2940. The molecule has 1 aromatic heterocycles. The van der Waals surface area contributed by atoms with E-state index in [0.29, 0.717) is 0 Å². The maximum atomic E-state index is 6.15. The number of hydrogen-bond acceptors (Lipinski definition) is 2. The molecule has 0 unspecified atom stereocenters. The third kappa shape index (κ3) is 4.65. The summed E-state index contributed by atoms with van der Waals surface area (Å²) in [6, 6.07) is 84.8. The van der Waals surface area contributed by atoms with Crippen molar-refractivity contribution in [1.82, 2.24) is 0 Å². The van der Waals surface area contributed by atoms with Crippen molar-refractivity contribution in [3.05, 3.63) is 281 Å². The molecule has 2 aliphatic carbocycles. The van der Waals surface area contributed by atoms with E-state index in [2.05, 4.69) is 235 Å². The van der Waals surface area contributed by atoms with E-state index in [0.717, 1.165) is 28.0 Å². The second kappa shape index (κ2) is 13.4. The minimum atomic E-state index is -0.543. The first kappa shape index (κ1) is 34.4. The van der Waals surface area contributed by atoms with Crippen LogP contribution >= 0.6 is 0 Å². The summed E-state index contributed by atoms with van der Waals surface area (Å²) >= 11 is 0. The lowest BCUT2D eigenvalue weighted by Crippen LogP contribution is -2.28. The molecule has 12 rings (SSSR count). The largest absolute Gasteiger partial charge is 0.464 e. The van der Waals surface area contributed by atoms with Crippen molar-refractivity contribution in [1.29, 1.82) is 0 Å². The van der Waals surface area contributed by atoms with E-state index in [-0.39, 0.29) is 0 Å². The zero-order valence-corrected chi connectivity index (χ0v) is 32.9. The van der Waals surface area contributed by atoms with Crippen molar-refractivity contribution in [2.75, 3.05) is 4.90 Å². The van der Waals surface area contributed by atoms with Gasteiger partial charge in [0.15, 0.2) is 0 Å². The molecule has 2 heteroatoms. The highest BCUT2D eigenvalue weighted by Gasteiger charge is 2.49. The molecule has 282 valence electrons. The number of nitrogens with zero attached hydrogens (tertiary/aromatic N) is 1. The van der Waals surface area contributed by atoms with Gasteiger partial charge in [0.25, 0.3) is 0 Å². The first-order valence-corrected chi connectivity index (χ1v) is 20.8. The van der Waals surface area contributed by atoms with Crippen LogP contribution in [0.5, 0.6) is 0 Å². The van der Waals surface area contributed by atoms with Gasteiger partial charge >= 0.3 is 0 Å². The minimum absolute atomic E-state index is 0.543. The number of furan rings is 1. The Balaban J connectivity index is 1.22. The van der Waals surface area contributed by atoms with E-state index in [1.807, 2.05) is 6.26 Å². The highest BCUT2D eigenvalue weighted by atomic mass is 16.3. The summed E-state index contributed by atoms with van der Waals surface area (Å²) in [4.78, 5) is 2.53. The van der Waals surface area contributed by atoms with E-state index in [1.54, 1.807) is 0 Å². The van der Waals surface area contributed by atoms with Gasteiger partial charge in [0.1, 0.15) is 5.58 Å². The van der Waals surface area contributed by atoms with Crippen LogP contribution in [0.2, 0.25) is 0 Å². The number of fused-ring (bicyclic) bond motifs is 7. The Morgan fingerprint density at radius 1 is 0.300 bits per heavy atom. The van der Waals surface area contributed by atoms with Gasteiger partial charge in [-0.25, -0.2) is 0 Å². The Morgan fingerprint density at radius 3 is 1.12 bits per heavy atom. The number of hydrogen-bond donors (Lipinski definition) is 0. The zero-order valence-electron chi connectivity index (χ0n) is 32.9. The quantitative estimate of drug-likeness (QED) is 0.161.